The van der Waals surface area contributed by atoms with Crippen molar-refractivity contribution in [2.75, 3.05) is 44.2 Å². The molecule has 2 rings (SSSR count). The van der Waals surface area contributed by atoms with Crippen LogP contribution in [0.4, 0.5) is 10.1 Å². The lowest BCUT2D eigenvalue weighted by molar-refractivity contribution is -0.128. The maximum absolute atomic E-state index is 13.0. The molecule has 1 amide bonds. The van der Waals surface area contributed by atoms with Gasteiger partial charge in [0, 0.05) is 43.8 Å². The molecular formula is C18H29FIN5O. The molecule has 1 aliphatic heterocycles. The molecule has 3 N–H and O–H groups in total. The van der Waals surface area contributed by atoms with E-state index in [4.69, 9.17) is 5.73 Å². The third-order valence-electron chi connectivity index (χ3n) is 4.15. The van der Waals surface area contributed by atoms with Gasteiger partial charge in [0.25, 0.3) is 0 Å². The Hall–Kier alpha value is -1.58. The number of amides is 1. The number of carbonyl (C=O) groups is 1. The lowest BCUT2D eigenvalue weighted by atomic mass is 9.96. The molecule has 0 unspecified atom stereocenters. The van der Waals surface area contributed by atoms with E-state index in [0.29, 0.717) is 19.0 Å². The maximum atomic E-state index is 13.0. The Kier molecular flexibility index (Phi) is 8.58. The van der Waals surface area contributed by atoms with Gasteiger partial charge in [-0.15, -0.1) is 24.0 Å². The van der Waals surface area contributed by atoms with Gasteiger partial charge in [-0.2, -0.15) is 0 Å². The number of halogens is 2. The quantitative estimate of drug-likeness (QED) is 0.302. The summed E-state index contributed by atoms with van der Waals surface area (Å²) in [4.78, 5) is 20.4. The highest BCUT2D eigenvalue weighted by molar-refractivity contribution is 14.0. The second-order valence-corrected chi connectivity index (χ2v) is 7.20. The topological polar surface area (TPSA) is 74.0 Å². The summed E-state index contributed by atoms with van der Waals surface area (Å²) in [5.41, 5.74) is 6.67. The van der Waals surface area contributed by atoms with Crippen LogP contribution in [0.2, 0.25) is 0 Å². The summed E-state index contributed by atoms with van der Waals surface area (Å²) in [7, 11) is 0. The van der Waals surface area contributed by atoms with Crippen molar-refractivity contribution in [3.63, 3.8) is 0 Å². The summed E-state index contributed by atoms with van der Waals surface area (Å²) in [6, 6.07) is 6.54. The SMILES string of the molecule is CC(C)(C)C(=O)NCCN=C(N)N1CCN(c2ccc(F)cc2)CC1.I. The molecule has 0 radical (unpaired) electrons. The molecule has 0 spiro atoms. The van der Waals surface area contributed by atoms with Gasteiger partial charge in [-0.3, -0.25) is 9.79 Å². The van der Waals surface area contributed by atoms with E-state index in [2.05, 4.69) is 15.2 Å². The summed E-state index contributed by atoms with van der Waals surface area (Å²) in [6.07, 6.45) is 0. The molecule has 1 aromatic carbocycles. The number of rotatable bonds is 4. The lowest BCUT2D eigenvalue weighted by Crippen LogP contribution is -2.51. The lowest BCUT2D eigenvalue weighted by Gasteiger charge is -2.36. The molecule has 6 nitrogen and oxygen atoms in total. The van der Waals surface area contributed by atoms with Crippen molar-refractivity contribution < 1.29 is 9.18 Å². The van der Waals surface area contributed by atoms with Crippen LogP contribution in [-0.4, -0.2) is 56.0 Å². The molecule has 1 aliphatic rings. The minimum atomic E-state index is -0.397. The Morgan fingerprint density at radius 1 is 1.19 bits per heavy atom. The van der Waals surface area contributed by atoms with Crippen LogP contribution in [0.3, 0.4) is 0 Å². The molecule has 146 valence electrons. The van der Waals surface area contributed by atoms with Crippen LogP contribution in [0.15, 0.2) is 29.3 Å². The number of piperazine rings is 1. The number of aliphatic imine (C=N–C) groups is 1. The highest BCUT2D eigenvalue weighted by atomic mass is 127. The summed E-state index contributed by atoms with van der Waals surface area (Å²) >= 11 is 0. The minimum Gasteiger partial charge on any atom is -0.370 e. The fourth-order valence-corrected chi connectivity index (χ4v) is 2.55. The molecule has 8 heteroatoms. The first-order valence-electron chi connectivity index (χ1n) is 8.61. The third kappa shape index (κ3) is 6.62. The maximum Gasteiger partial charge on any atom is 0.225 e. The first kappa shape index (κ1) is 22.5. The van der Waals surface area contributed by atoms with E-state index in [1.807, 2.05) is 25.7 Å². The summed E-state index contributed by atoms with van der Waals surface area (Å²) in [5.74, 6) is 0.287. The van der Waals surface area contributed by atoms with E-state index in [0.717, 1.165) is 31.9 Å². The average Bonchev–Trinajstić information content (AvgIpc) is 2.58. The zero-order valence-electron chi connectivity index (χ0n) is 15.7. The second-order valence-electron chi connectivity index (χ2n) is 7.20. The zero-order chi connectivity index (χ0) is 18.4. The number of guanidine groups is 1. The van der Waals surface area contributed by atoms with E-state index in [1.54, 1.807) is 12.1 Å². The van der Waals surface area contributed by atoms with Crippen LogP contribution in [-0.2, 0) is 4.79 Å². The van der Waals surface area contributed by atoms with Crippen molar-refractivity contribution in [2.24, 2.45) is 16.1 Å². The van der Waals surface area contributed by atoms with Gasteiger partial charge in [0.05, 0.1) is 6.54 Å². The van der Waals surface area contributed by atoms with Crippen LogP contribution in [0.1, 0.15) is 20.8 Å². The van der Waals surface area contributed by atoms with Crippen LogP contribution in [0.5, 0.6) is 0 Å². The predicted molar refractivity (Wildman–Crippen MR) is 115 cm³/mol. The van der Waals surface area contributed by atoms with Crippen LogP contribution in [0, 0.1) is 11.2 Å². The van der Waals surface area contributed by atoms with Crippen molar-refractivity contribution in [3.05, 3.63) is 30.1 Å². The number of hydrogen-bond donors (Lipinski definition) is 2. The predicted octanol–water partition coefficient (Wildman–Crippen LogP) is 2.04. The molecule has 26 heavy (non-hydrogen) atoms. The van der Waals surface area contributed by atoms with Gasteiger partial charge in [-0.25, -0.2) is 4.39 Å². The second kappa shape index (κ2) is 9.94. The number of benzene rings is 1. The van der Waals surface area contributed by atoms with Crippen molar-refractivity contribution in [1.29, 1.82) is 0 Å². The van der Waals surface area contributed by atoms with E-state index in [9.17, 15) is 9.18 Å². The van der Waals surface area contributed by atoms with Crippen molar-refractivity contribution in [1.82, 2.24) is 10.2 Å². The van der Waals surface area contributed by atoms with E-state index < -0.39 is 5.41 Å². The highest BCUT2D eigenvalue weighted by Crippen LogP contribution is 2.16. The highest BCUT2D eigenvalue weighted by Gasteiger charge is 2.21. The number of nitrogens with two attached hydrogens (primary N) is 1. The number of anilines is 1. The molecule has 0 atom stereocenters. The number of nitrogens with one attached hydrogen (secondary N) is 1. The number of nitrogens with zero attached hydrogens (tertiary/aromatic N) is 3. The molecular weight excluding hydrogens is 448 g/mol. The molecule has 0 aliphatic carbocycles. The molecule has 0 aromatic heterocycles. The first-order chi connectivity index (χ1) is 11.8. The van der Waals surface area contributed by atoms with Crippen molar-refractivity contribution in [3.8, 4) is 0 Å². The Balaban J connectivity index is 0.00000338. The standard InChI is InChI=1S/C18H28FN5O.HI/c1-18(2,3)16(25)21-8-9-22-17(20)24-12-10-23(11-13-24)15-6-4-14(19)5-7-15;/h4-7H,8-13H2,1-3H3,(H2,20,22)(H,21,25);1H. The van der Waals surface area contributed by atoms with Crippen molar-refractivity contribution in [2.45, 2.75) is 20.8 Å². The smallest absolute Gasteiger partial charge is 0.225 e. The largest absolute Gasteiger partial charge is 0.370 e. The van der Waals surface area contributed by atoms with Gasteiger partial charge >= 0.3 is 0 Å². The Morgan fingerprint density at radius 2 is 1.77 bits per heavy atom. The summed E-state index contributed by atoms with van der Waals surface area (Å²) < 4.78 is 13.0. The summed E-state index contributed by atoms with van der Waals surface area (Å²) in [6.45, 7) is 9.72. The average molecular weight is 477 g/mol. The zero-order valence-corrected chi connectivity index (χ0v) is 18.0. The van der Waals surface area contributed by atoms with Gasteiger partial charge in [-0.05, 0) is 24.3 Å². The molecule has 1 saturated heterocycles. The van der Waals surface area contributed by atoms with E-state index >= 15 is 0 Å². The fraction of sp³-hybridized carbons (Fsp3) is 0.556. The monoisotopic (exact) mass is 477 g/mol. The van der Waals surface area contributed by atoms with Gasteiger partial charge in [0.2, 0.25) is 5.91 Å². The van der Waals surface area contributed by atoms with Crippen LogP contribution < -0.4 is 16.0 Å². The van der Waals surface area contributed by atoms with Gasteiger partial charge in [-0.1, -0.05) is 20.8 Å². The molecule has 1 aromatic rings. The number of carbonyl (C=O) groups excluding carboxylic acids is 1. The van der Waals surface area contributed by atoms with Gasteiger partial charge in [0.15, 0.2) is 5.96 Å². The first-order valence-corrected chi connectivity index (χ1v) is 8.61. The van der Waals surface area contributed by atoms with Crippen LogP contribution in [0.25, 0.3) is 0 Å². The summed E-state index contributed by atoms with van der Waals surface area (Å²) in [5, 5.41) is 2.86. The minimum absolute atomic E-state index is 0. The fourth-order valence-electron chi connectivity index (χ4n) is 2.55. The molecule has 0 saturated carbocycles. The Labute approximate surface area is 172 Å². The van der Waals surface area contributed by atoms with E-state index in [-0.39, 0.29) is 35.7 Å². The van der Waals surface area contributed by atoms with Crippen LogP contribution >= 0.6 is 24.0 Å². The van der Waals surface area contributed by atoms with Gasteiger partial charge in [0.1, 0.15) is 5.82 Å². The third-order valence-corrected chi connectivity index (χ3v) is 4.15. The van der Waals surface area contributed by atoms with Crippen molar-refractivity contribution >= 4 is 41.5 Å². The molecule has 1 heterocycles. The van der Waals surface area contributed by atoms with Gasteiger partial charge < -0.3 is 20.9 Å². The number of hydrogen-bond acceptors (Lipinski definition) is 3. The van der Waals surface area contributed by atoms with E-state index in [1.165, 1.54) is 12.1 Å². The Bertz CT molecular complexity index is 607. The molecule has 0 bridgehead atoms. The molecule has 1 fully saturated rings. The Morgan fingerprint density at radius 3 is 2.31 bits per heavy atom. The normalized spacial score (nSPS) is 15.5.